The maximum atomic E-state index is 12.3. The predicted octanol–water partition coefficient (Wildman–Crippen LogP) is 2.20. The van der Waals surface area contributed by atoms with Crippen LogP contribution in [0.15, 0.2) is 18.2 Å². The Balaban J connectivity index is 3.12. The number of rotatable bonds is 4. The van der Waals surface area contributed by atoms with Crippen molar-refractivity contribution in [3.63, 3.8) is 0 Å². The summed E-state index contributed by atoms with van der Waals surface area (Å²) < 4.78 is 37.0. The number of carbonyl (C=O) groups excluding carboxylic acids is 1. The van der Waals surface area contributed by atoms with Crippen LogP contribution in [0.5, 0.6) is 0 Å². The van der Waals surface area contributed by atoms with Gasteiger partial charge in [-0.15, -0.1) is 0 Å². The first kappa shape index (κ1) is 15.7. The molecule has 0 saturated carbocycles. The average Bonchev–Trinajstić information content (AvgIpc) is 2.34. The summed E-state index contributed by atoms with van der Waals surface area (Å²) in [5, 5.41) is 10.6. The van der Waals surface area contributed by atoms with E-state index in [1.165, 1.54) is 6.92 Å². The first-order chi connectivity index (χ1) is 9.15. The molecule has 2 N–H and O–H groups in total. The second-order valence-corrected chi connectivity index (χ2v) is 3.96. The van der Waals surface area contributed by atoms with Gasteiger partial charge in [0.15, 0.2) is 0 Å². The molecular weight excluding hydrogens is 279 g/mol. The molecule has 0 radical (unpaired) electrons. The van der Waals surface area contributed by atoms with Gasteiger partial charge in [-0.3, -0.25) is 14.9 Å². The number of nitrogens with zero attached hydrogens (tertiary/aromatic N) is 2. The highest BCUT2D eigenvalue weighted by Crippen LogP contribution is 2.23. The Kier molecular flexibility index (Phi) is 4.53. The standard InChI is InChI=1S/C11H12F3N3O3/c1-2-16(6-11(12,13)14)10(18)8-5-7(17(19)20)3-4-9(8)15/h3-5H,2,6,15H2,1H3. The molecule has 0 aliphatic heterocycles. The van der Waals surface area contributed by atoms with Gasteiger partial charge in [0.1, 0.15) is 6.54 Å². The summed E-state index contributed by atoms with van der Waals surface area (Å²) in [6.07, 6.45) is -4.55. The third-order valence-corrected chi connectivity index (χ3v) is 2.52. The first-order valence-corrected chi connectivity index (χ1v) is 5.55. The molecule has 0 aliphatic carbocycles. The highest BCUT2D eigenvalue weighted by molar-refractivity contribution is 5.99. The Labute approximate surface area is 112 Å². The smallest absolute Gasteiger partial charge is 0.398 e. The van der Waals surface area contributed by atoms with E-state index in [2.05, 4.69) is 0 Å². The molecule has 0 heterocycles. The van der Waals surface area contributed by atoms with E-state index in [1.807, 2.05) is 0 Å². The third kappa shape index (κ3) is 3.84. The zero-order valence-electron chi connectivity index (χ0n) is 10.5. The summed E-state index contributed by atoms with van der Waals surface area (Å²) in [6.45, 7) is -0.262. The van der Waals surface area contributed by atoms with E-state index in [4.69, 9.17) is 5.73 Å². The molecule has 0 aromatic heterocycles. The van der Waals surface area contributed by atoms with Crippen LogP contribution in [0.25, 0.3) is 0 Å². The van der Waals surface area contributed by atoms with Gasteiger partial charge in [0.25, 0.3) is 11.6 Å². The van der Waals surface area contributed by atoms with Crippen LogP contribution in [0.2, 0.25) is 0 Å². The van der Waals surface area contributed by atoms with Crippen molar-refractivity contribution in [3.05, 3.63) is 33.9 Å². The first-order valence-electron chi connectivity index (χ1n) is 5.55. The molecule has 6 nitrogen and oxygen atoms in total. The van der Waals surface area contributed by atoms with E-state index in [0.717, 1.165) is 18.2 Å². The fraction of sp³-hybridized carbons (Fsp3) is 0.364. The molecule has 20 heavy (non-hydrogen) atoms. The number of hydrogen-bond donors (Lipinski definition) is 1. The number of amides is 1. The van der Waals surface area contributed by atoms with Gasteiger partial charge in [-0.25, -0.2) is 0 Å². The van der Waals surface area contributed by atoms with Crippen molar-refractivity contribution >= 4 is 17.3 Å². The molecule has 0 aliphatic rings. The number of non-ortho nitro benzene ring substituents is 1. The van der Waals surface area contributed by atoms with Crippen molar-refractivity contribution in [2.24, 2.45) is 0 Å². The van der Waals surface area contributed by atoms with Gasteiger partial charge in [0.2, 0.25) is 0 Å². The second kappa shape index (κ2) is 5.76. The number of nitro benzene ring substituents is 1. The minimum absolute atomic E-state index is 0.110. The van der Waals surface area contributed by atoms with Crippen LogP contribution in [0.4, 0.5) is 24.5 Å². The van der Waals surface area contributed by atoms with E-state index in [0.29, 0.717) is 4.90 Å². The summed E-state index contributed by atoms with van der Waals surface area (Å²) in [5.41, 5.74) is 4.66. The number of nitrogen functional groups attached to an aromatic ring is 1. The summed E-state index contributed by atoms with van der Waals surface area (Å²) in [7, 11) is 0. The molecule has 110 valence electrons. The lowest BCUT2D eigenvalue weighted by molar-refractivity contribution is -0.384. The summed E-state index contributed by atoms with van der Waals surface area (Å²) in [6, 6.07) is 3.07. The minimum Gasteiger partial charge on any atom is -0.398 e. The molecule has 0 atom stereocenters. The molecule has 1 amide bonds. The van der Waals surface area contributed by atoms with Gasteiger partial charge in [0.05, 0.1) is 10.5 Å². The van der Waals surface area contributed by atoms with Crippen LogP contribution in [-0.4, -0.2) is 35.0 Å². The molecule has 1 rings (SSSR count). The highest BCUT2D eigenvalue weighted by Gasteiger charge is 2.33. The number of nitro groups is 1. The molecule has 1 aromatic rings. The van der Waals surface area contributed by atoms with Crippen molar-refractivity contribution in [1.82, 2.24) is 4.90 Å². The minimum atomic E-state index is -4.55. The normalized spacial score (nSPS) is 11.2. The number of anilines is 1. The van der Waals surface area contributed by atoms with E-state index in [9.17, 15) is 28.1 Å². The maximum absolute atomic E-state index is 12.3. The fourth-order valence-electron chi connectivity index (χ4n) is 1.56. The van der Waals surface area contributed by atoms with Gasteiger partial charge in [-0.1, -0.05) is 0 Å². The van der Waals surface area contributed by atoms with Crippen LogP contribution in [0, 0.1) is 10.1 Å². The number of halogens is 3. The third-order valence-electron chi connectivity index (χ3n) is 2.52. The lowest BCUT2D eigenvalue weighted by atomic mass is 10.1. The molecule has 0 bridgehead atoms. The van der Waals surface area contributed by atoms with Gasteiger partial charge in [-0.05, 0) is 13.0 Å². The summed E-state index contributed by atoms with van der Waals surface area (Å²) in [5.74, 6) is -0.994. The number of nitrogens with two attached hydrogens (primary N) is 1. The van der Waals surface area contributed by atoms with Gasteiger partial charge < -0.3 is 10.6 Å². The van der Waals surface area contributed by atoms with Crippen LogP contribution in [0.3, 0.4) is 0 Å². The molecule has 9 heteroatoms. The Morgan fingerprint density at radius 1 is 1.45 bits per heavy atom. The van der Waals surface area contributed by atoms with Crippen LogP contribution in [0.1, 0.15) is 17.3 Å². The molecule has 0 fully saturated rings. The van der Waals surface area contributed by atoms with Crippen LogP contribution in [-0.2, 0) is 0 Å². The SMILES string of the molecule is CCN(CC(F)(F)F)C(=O)c1cc([N+](=O)[O-])ccc1N. The number of benzene rings is 1. The quantitative estimate of drug-likeness (QED) is 0.523. The Hall–Kier alpha value is -2.32. The Morgan fingerprint density at radius 2 is 2.05 bits per heavy atom. The van der Waals surface area contributed by atoms with Gasteiger partial charge in [-0.2, -0.15) is 13.2 Å². The summed E-state index contributed by atoms with van der Waals surface area (Å²) >= 11 is 0. The van der Waals surface area contributed by atoms with E-state index >= 15 is 0 Å². The van der Waals surface area contributed by atoms with Crippen molar-refractivity contribution < 1.29 is 22.9 Å². The molecule has 0 saturated heterocycles. The molecule has 1 aromatic carbocycles. The van der Waals surface area contributed by atoms with Crippen LogP contribution < -0.4 is 5.73 Å². The van der Waals surface area contributed by atoms with Crippen LogP contribution >= 0.6 is 0 Å². The van der Waals surface area contributed by atoms with E-state index < -0.39 is 29.2 Å². The molecular formula is C11H12F3N3O3. The molecule has 0 unspecified atom stereocenters. The zero-order valence-corrected chi connectivity index (χ0v) is 10.5. The fourth-order valence-corrected chi connectivity index (χ4v) is 1.56. The summed E-state index contributed by atoms with van der Waals surface area (Å²) in [4.78, 5) is 22.4. The van der Waals surface area contributed by atoms with E-state index in [1.54, 1.807) is 0 Å². The Morgan fingerprint density at radius 3 is 2.50 bits per heavy atom. The van der Waals surface area contributed by atoms with Gasteiger partial charge >= 0.3 is 6.18 Å². The number of carbonyl (C=O) groups is 1. The largest absolute Gasteiger partial charge is 0.406 e. The monoisotopic (exact) mass is 291 g/mol. The van der Waals surface area contributed by atoms with Crippen molar-refractivity contribution in [2.75, 3.05) is 18.8 Å². The lowest BCUT2D eigenvalue weighted by Crippen LogP contribution is -2.39. The van der Waals surface area contributed by atoms with Crippen molar-refractivity contribution in [2.45, 2.75) is 13.1 Å². The van der Waals surface area contributed by atoms with Crippen molar-refractivity contribution in [3.8, 4) is 0 Å². The van der Waals surface area contributed by atoms with E-state index in [-0.39, 0.29) is 17.8 Å². The lowest BCUT2D eigenvalue weighted by Gasteiger charge is -2.22. The maximum Gasteiger partial charge on any atom is 0.406 e. The predicted molar refractivity (Wildman–Crippen MR) is 65.1 cm³/mol. The average molecular weight is 291 g/mol. The molecule has 0 spiro atoms. The second-order valence-electron chi connectivity index (χ2n) is 3.96. The number of hydrogen-bond acceptors (Lipinski definition) is 4. The topological polar surface area (TPSA) is 89.5 Å². The Bertz CT molecular complexity index is 531. The highest BCUT2D eigenvalue weighted by atomic mass is 19.4. The number of alkyl halides is 3. The zero-order chi connectivity index (χ0) is 15.5. The van der Waals surface area contributed by atoms with Crippen molar-refractivity contribution in [1.29, 1.82) is 0 Å². The van der Waals surface area contributed by atoms with Gasteiger partial charge in [0, 0.05) is 24.4 Å².